The van der Waals surface area contributed by atoms with E-state index < -0.39 is 5.97 Å². The average Bonchev–Trinajstić information content (AvgIpc) is 3.41. The van der Waals surface area contributed by atoms with Crippen LogP contribution in [0.4, 0.5) is 5.82 Å². The predicted octanol–water partition coefficient (Wildman–Crippen LogP) is 2.16. The molecule has 0 spiro atoms. The molecule has 0 bridgehead atoms. The normalized spacial score (nSPS) is 20.8. The summed E-state index contributed by atoms with van der Waals surface area (Å²) in [4.78, 5) is 24.7. The number of hydrogen-bond acceptors (Lipinski definition) is 9. The molecule has 0 unspecified atom stereocenters. The standard InChI is InChI=1S/C26H40N8O3.ClH/c27-25-24(26(35)36)31-23(16-29-25)20-15-30-34(18-20)21-5-11-33(12-6-21)17-19-3-9-32(10-4-19)13-14-37-22-1-7-28-8-2-22;/h15-16,18-19,21-22,28H,1-14,17H2,(H2,27,29)(H,35,36);1H. The zero-order valence-electron chi connectivity index (χ0n) is 22.0. The van der Waals surface area contributed by atoms with E-state index in [-0.39, 0.29) is 23.9 Å². The molecule has 0 amide bonds. The summed E-state index contributed by atoms with van der Waals surface area (Å²) in [6.07, 6.45) is 12.6. The van der Waals surface area contributed by atoms with Crippen molar-refractivity contribution >= 4 is 24.2 Å². The number of ether oxygens (including phenoxy) is 1. The molecule has 3 aliphatic heterocycles. The summed E-state index contributed by atoms with van der Waals surface area (Å²) < 4.78 is 8.09. The summed E-state index contributed by atoms with van der Waals surface area (Å²) in [6, 6.07) is 0.340. The smallest absolute Gasteiger partial charge is 0.358 e. The molecule has 3 aliphatic rings. The highest BCUT2D eigenvalue weighted by Gasteiger charge is 2.26. The van der Waals surface area contributed by atoms with Crippen LogP contribution in [0.5, 0.6) is 0 Å². The fourth-order valence-electron chi connectivity index (χ4n) is 5.80. The van der Waals surface area contributed by atoms with E-state index in [2.05, 4.69) is 30.2 Å². The molecule has 0 aromatic carbocycles. The van der Waals surface area contributed by atoms with Gasteiger partial charge in [-0.15, -0.1) is 12.4 Å². The number of carboxylic acid groups (broad SMARTS) is 1. The molecule has 0 saturated carbocycles. The zero-order valence-corrected chi connectivity index (χ0v) is 22.8. The van der Waals surface area contributed by atoms with Gasteiger partial charge in [0, 0.05) is 37.9 Å². The van der Waals surface area contributed by atoms with Crippen LogP contribution < -0.4 is 11.1 Å². The number of aromatic nitrogens is 4. The maximum absolute atomic E-state index is 11.3. The minimum absolute atomic E-state index is 0. The highest BCUT2D eigenvalue weighted by atomic mass is 35.5. The van der Waals surface area contributed by atoms with E-state index in [1.807, 2.05) is 10.9 Å². The van der Waals surface area contributed by atoms with E-state index in [1.165, 1.54) is 38.7 Å². The Labute approximate surface area is 230 Å². The Balaban J connectivity index is 0.00000336. The Kier molecular flexibility index (Phi) is 10.3. The van der Waals surface area contributed by atoms with Crippen LogP contribution in [0.1, 0.15) is 55.1 Å². The van der Waals surface area contributed by atoms with Crippen LogP contribution in [0.2, 0.25) is 0 Å². The van der Waals surface area contributed by atoms with Gasteiger partial charge in [-0.1, -0.05) is 0 Å². The molecular formula is C26H41ClN8O3. The van der Waals surface area contributed by atoms with Crippen molar-refractivity contribution in [3.8, 4) is 11.3 Å². The lowest BCUT2D eigenvalue weighted by Gasteiger charge is -2.37. The fourth-order valence-corrected chi connectivity index (χ4v) is 5.80. The third-order valence-electron chi connectivity index (χ3n) is 8.10. The Bertz CT molecular complexity index is 1030. The Morgan fingerprint density at radius 2 is 1.76 bits per heavy atom. The van der Waals surface area contributed by atoms with Crippen LogP contribution in [-0.4, -0.2) is 106 Å². The molecule has 3 fully saturated rings. The summed E-state index contributed by atoms with van der Waals surface area (Å²) in [6.45, 7) is 9.82. The van der Waals surface area contributed by atoms with Crippen molar-refractivity contribution in [2.24, 2.45) is 5.92 Å². The van der Waals surface area contributed by atoms with Crippen molar-refractivity contribution in [3.05, 3.63) is 24.3 Å². The molecule has 5 heterocycles. The van der Waals surface area contributed by atoms with Crippen molar-refractivity contribution in [1.29, 1.82) is 0 Å². The van der Waals surface area contributed by atoms with E-state index >= 15 is 0 Å². The number of piperidine rings is 3. The first-order valence-corrected chi connectivity index (χ1v) is 13.7. The van der Waals surface area contributed by atoms with Crippen molar-refractivity contribution < 1.29 is 14.6 Å². The number of anilines is 1. The highest BCUT2D eigenvalue weighted by molar-refractivity contribution is 5.90. The molecule has 12 heteroatoms. The number of hydrogen-bond donors (Lipinski definition) is 3. The van der Waals surface area contributed by atoms with Gasteiger partial charge in [0.1, 0.15) is 0 Å². The van der Waals surface area contributed by atoms with Crippen LogP contribution in [0.25, 0.3) is 11.3 Å². The number of likely N-dealkylation sites (tertiary alicyclic amines) is 2. The van der Waals surface area contributed by atoms with Gasteiger partial charge >= 0.3 is 5.97 Å². The van der Waals surface area contributed by atoms with Gasteiger partial charge in [0.2, 0.25) is 0 Å². The number of carboxylic acids is 1. The minimum atomic E-state index is -1.18. The first-order chi connectivity index (χ1) is 18.0. The molecule has 210 valence electrons. The third kappa shape index (κ3) is 7.41. The van der Waals surface area contributed by atoms with Crippen LogP contribution in [0.15, 0.2) is 18.6 Å². The Morgan fingerprint density at radius 1 is 1.05 bits per heavy atom. The van der Waals surface area contributed by atoms with Crippen LogP contribution >= 0.6 is 12.4 Å². The van der Waals surface area contributed by atoms with Crippen LogP contribution in [0, 0.1) is 5.92 Å². The number of nitrogen functional groups attached to an aromatic ring is 1. The number of nitrogens with zero attached hydrogens (tertiary/aromatic N) is 6. The molecule has 38 heavy (non-hydrogen) atoms. The van der Waals surface area contributed by atoms with Crippen molar-refractivity contribution in [1.82, 2.24) is 34.9 Å². The summed E-state index contributed by atoms with van der Waals surface area (Å²) >= 11 is 0. The minimum Gasteiger partial charge on any atom is -0.476 e. The van der Waals surface area contributed by atoms with Gasteiger partial charge < -0.3 is 30.7 Å². The first-order valence-electron chi connectivity index (χ1n) is 13.7. The Morgan fingerprint density at radius 3 is 2.47 bits per heavy atom. The van der Waals surface area contributed by atoms with Crippen molar-refractivity contribution in [3.63, 3.8) is 0 Å². The second kappa shape index (κ2) is 13.7. The molecule has 4 N–H and O–H groups in total. The summed E-state index contributed by atoms with van der Waals surface area (Å²) in [5.41, 5.74) is 6.63. The lowest BCUT2D eigenvalue weighted by atomic mass is 9.94. The second-order valence-corrected chi connectivity index (χ2v) is 10.6. The molecular weight excluding hydrogens is 508 g/mol. The van der Waals surface area contributed by atoms with Gasteiger partial charge in [-0.3, -0.25) is 4.68 Å². The topological polar surface area (TPSA) is 135 Å². The number of nitrogens with two attached hydrogens (primary N) is 1. The third-order valence-corrected chi connectivity index (χ3v) is 8.10. The van der Waals surface area contributed by atoms with Gasteiger partial charge in [-0.05, 0) is 70.6 Å². The van der Waals surface area contributed by atoms with E-state index in [4.69, 9.17) is 10.5 Å². The monoisotopic (exact) mass is 548 g/mol. The maximum Gasteiger partial charge on any atom is 0.358 e. The van der Waals surface area contributed by atoms with Crippen molar-refractivity contribution in [2.45, 2.75) is 50.7 Å². The number of aromatic carboxylic acids is 1. The maximum atomic E-state index is 11.3. The molecule has 2 aromatic heterocycles. The zero-order chi connectivity index (χ0) is 25.6. The van der Waals surface area contributed by atoms with E-state index in [0.29, 0.717) is 17.8 Å². The summed E-state index contributed by atoms with van der Waals surface area (Å²) in [7, 11) is 0. The van der Waals surface area contributed by atoms with E-state index in [0.717, 1.165) is 76.5 Å². The van der Waals surface area contributed by atoms with Gasteiger partial charge in [0.05, 0.1) is 36.8 Å². The summed E-state index contributed by atoms with van der Waals surface area (Å²) in [5, 5.41) is 17.2. The van der Waals surface area contributed by atoms with Crippen molar-refractivity contribution in [2.75, 3.05) is 64.7 Å². The average molecular weight is 549 g/mol. The van der Waals surface area contributed by atoms with Gasteiger partial charge in [0.15, 0.2) is 11.5 Å². The van der Waals surface area contributed by atoms with E-state index in [1.54, 1.807) is 6.20 Å². The van der Waals surface area contributed by atoms with Gasteiger partial charge in [-0.25, -0.2) is 14.8 Å². The van der Waals surface area contributed by atoms with Crippen LogP contribution in [0.3, 0.4) is 0 Å². The number of carbonyl (C=O) groups is 1. The molecule has 3 saturated heterocycles. The molecule has 0 aliphatic carbocycles. The quantitative estimate of drug-likeness (QED) is 0.428. The lowest BCUT2D eigenvalue weighted by molar-refractivity contribution is 0.0142. The first kappa shape index (κ1) is 28.7. The largest absolute Gasteiger partial charge is 0.476 e. The number of nitrogens with one attached hydrogen (secondary N) is 1. The second-order valence-electron chi connectivity index (χ2n) is 10.6. The highest BCUT2D eigenvalue weighted by Crippen LogP contribution is 2.27. The number of rotatable bonds is 9. The molecule has 11 nitrogen and oxygen atoms in total. The SMILES string of the molecule is Cl.Nc1ncc(-c2cnn(C3CCN(CC4CCN(CCOC5CCNCC5)CC4)CC3)c2)nc1C(=O)O. The lowest BCUT2D eigenvalue weighted by Crippen LogP contribution is -2.42. The molecule has 2 aromatic rings. The number of halogens is 1. The van der Waals surface area contributed by atoms with E-state index in [9.17, 15) is 9.90 Å². The van der Waals surface area contributed by atoms with Gasteiger partial charge in [-0.2, -0.15) is 5.10 Å². The summed E-state index contributed by atoms with van der Waals surface area (Å²) in [5.74, 6) is -0.482. The molecule has 0 radical (unpaired) electrons. The van der Waals surface area contributed by atoms with Gasteiger partial charge in [0.25, 0.3) is 0 Å². The fraction of sp³-hybridized carbons (Fsp3) is 0.692. The van der Waals surface area contributed by atoms with Crippen LogP contribution in [-0.2, 0) is 4.74 Å². The molecule has 0 atom stereocenters. The molecule has 5 rings (SSSR count). The Hall–Kier alpha value is -2.31. The predicted molar refractivity (Wildman–Crippen MR) is 148 cm³/mol.